The van der Waals surface area contributed by atoms with E-state index in [1.54, 1.807) is 18.5 Å². The maximum atomic E-state index is 12.0. The molecule has 1 unspecified atom stereocenters. The molecule has 0 bridgehead atoms. The minimum Gasteiger partial charge on any atom is -0.365 e. The van der Waals surface area contributed by atoms with Crippen molar-refractivity contribution in [2.24, 2.45) is 0 Å². The van der Waals surface area contributed by atoms with Crippen molar-refractivity contribution in [2.45, 2.75) is 26.4 Å². The Balaban J connectivity index is 2.49. The Morgan fingerprint density at radius 3 is 2.94 bits per heavy atom. The average Bonchev–Trinajstić information content (AvgIpc) is 2.81. The van der Waals surface area contributed by atoms with Crippen LogP contribution in [-0.4, -0.2) is 21.6 Å². The van der Waals surface area contributed by atoms with E-state index in [1.807, 2.05) is 24.7 Å². The maximum Gasteiger partial charge on any atom is 0.187 e. The molecule has 2 heterocycles. The van der Waals surface area contributed by atoms with E-state index in [0.29, 0.717) is 5.56 Å². The molecule has 0 aliphatic carbocycles. The van der Waals surface area contributed by atoms with Gasteiger partial charge in [-0.15, -0.1) is 0 Å². The van der Waals surface area contributed by atoms with Crippen LogP contribution in [0.2, 0.25) is 0 Å². The highest BCUT2D eigenvalue weighted by Gasteiger charge is 2.19. The molecule has 5 heteroatoms. The number of aryl methyl sites for hydroxylation is 2. The van der Waals surface area contributed by atoms with Crippen LogP contribution in [0.15, 0.2) is 29.5 Å². The quantitative estimate of drug-likeness (QED) is 0.852. The number of nitrogens with zero attached hydrogens (tertiary/aromatic N) is 2. The summed E-state index contributed by atoms with van der Waals surface area (Å²) in [7, 11) is 1.83. The number of hydrogen-bond acceptors (Lipinski definition) is 3. The Bertz CT molecular complexity index is 585. The standard InChI is InChI=1S/C13H18N4O/c1-4-17-6-5-15-13(17)12(14-3)10-8-16-9(2)7-11(10)18/h5-8,12,14H,4H2,1-3H3,(H,16,18). The second kappa shape index (κ2) is 5.18. The van der Waals surface area contributed by atoms with Gasteiger partial charge in [-0.05, 0) is 20.9 Å². The first-order valence-corrected chi connectivity index (χ1v) is 6.05. The van der Waals surface area contributed by atoms with Gasteiger partial charge in [-0.2, -0.15) is 0 Å². The van der Waals surface area contributed by atoms with Crippen molar-refractivity contribution >= 4 is 0 Å². The lowest BCUT2D eigenvalue weighted by molar-refractivity contribution is 0.586. The van der Waals surface area contributed by atoms with Crippen LogP contribution >= 0.6 is 0 Å². The Hall–Kier alpha value is -1.88. The third-order valence-corrected chi connectivity index (χ3v) is 3.03. The molecule has 0 saturated carbocycles. The van der Waals surface area contributed by atoms with Gasteiger partial charge in [0, 0.05) is 42.5 Å². The first kappa shape index (κ1) is 12.6. The van der Waals surface area contributed by atoms with Gasteiger partial charge in [0.05, 0.1) is 6.04 Å². The van der Waals surface area contributed by atoms with Crippen molar-refractivity contribution in [3.8, 4) is 0 Å². The number of rotatable bonds is 4. The molecule has 0 aliphatic heterocycles. The summed E-state index contributed by atoms with van der Waals surface area (Å²) >= 11 is 0. The van der Waals surface area contributed by atoms with Crippen LogP contribution in [0.25, 0.3) is 0 Å². The molecular formula is C13H18N4O. The molecule has 2 rings (SSSR count). The third-order valence-electron chi connectivity index (χ3n) is 3.03. The van der Waals surface area contributed by atoms with Crippen LogP contribution in [0.5, 0.6) is 0 Å². The van der Waals surface area contributed by atoms with E-state index in [-0.39, 0.29) is 11.5 Å². The number of nitrogens with one attached hydrogen (secondary N) is 2. The van der Waals surface area contributed by atoms with Crippen LogP contribution in [0.1, 0.15) is 30.0 Å². The van der Waals surface area contributed by atoms with Crippen LogP contribution in [-0.2, 0) is 6.54 Å². The minimum atomic E-state index is -0.190. The normalized spacial score (nSPS) is 12.6. The molecule has 0 amide bonds. The zero-order valence-electron chi connectivity index (χ0n) is 10.9. The predicted molar refractivity (Wildman–Crippen MR) is 70.6 cm³/mol. The number of imidazole rings is 1. The monoisotopic (exact) mass is 246 g/mol. The summed E-state index contributed by atoms with van der Waals surface area (Å²) in [4.78, 5) is 19.5. The number of hydrogen-bond donors (Lipinski definition) is 2. The van der Waals surface area contributed by atoms with Crippen molar-refractivity contribution in [1.29, 1.82) is 0 Å². The summed E-state index contributed by atoms with van der Waals surface area (Å²) < 4.78 is 2.03. The molecule has 2 N–H and O–H groups in total. The molecule has 0 spiro atoms. The second-order valence-corrected chi connectivity index (χ2v) is 4.23. The van der Waals surface area contributed by atoms with E-state index < -0.39 is 0 Å². The number of aromatic nitrogens is 3. The Kier molecular flexibility index (Phi) is 3.62. The average molecular weight is 246 g/mol. The molecule has 0 fully saturated rings. The lowest BCUT2D eigenvalue weighted by Gasteiger charge is -2.16. The van der Waals surface area contributed by atoms with Gasteiger partial charge in [-0.1, -0.05) is 0 Å². The highest BCUT2D eigenvalue weighted by molar-refractivity contribution is 5.24. The molecule has 2 aromatic heterocycles. The van der Waals surface area contributed by atoms with Gasteiger partial charge in [-0.25, -0.2) is 4.98 Å². The van der Waals surface area contributed by atoms with E-state index in [2.05, 4.69) is 22.2 Å². The van der Waals surface area contributed by atoms with Gasteiger partial charge in [0.1, 0.15) is 5.82 Å². The molecule has 0 aromatic carbocycles. The minimum absolute atomic E-state index is 0.0243. The Labute approximate surface area is 106 Å². The molecule has 2 aromatic rings. The maximum absolute atomic E-state index is 12.0. The SMILES string of the molecule is CCn1ccnc1C(NC)c1c[nH]c(C)cc1=O. The lowest BCUT2D eigenvalue weighted by atomic mass is 10.1. The highest BCUT2D eigenvalue weighted by Crippen LogP contribution is 2.17. The van der Waals surface area contributed by atoms with Crippen molar-refractivity contribution in [3.63, 3.8) is 0 Å². The van der Waals surface area contributed by atoms with E-state index in [9.17, 15) is 4.79 Å². The van der Waals surface area contributed by atoms with Crippen molar-refractivity contribution in [1.82, 2.24) is 19.9 Å². The van der Waals surface area contributed by atoms with Gasteiger partial charge in [0.15, 0.2) is 5.43 Å². The summed E-state index contributed by atoms with van der Waals surface area (Å²) in [6.07, 6.45) is 5.43. The summed E-state index contributed by atoms with van der Waals surface area (Å²) in [5, 5.41) is 3.15. The predicted octanol–water partition coefficient (Wildman–Crippen LogP) is 1.21. The molecule has 96 valence electrons. The fourth-order valence-electron chi connectivity index (χ4n) is 2.08. The summed E-state index contributed by atoms with van der Waals surface area (Å²) in [5.74, 6) is 0.856. The van der Waals surface area contributed by atoms with Crippen LogP contribution < -0.4 is 10.7 Å². The zero-order valence-corrected chi connectivity index (χ0v) is 10.9. The van der Waals surface area contributed by atoms with Crippen LogP contribution in [0.4, 0.5) is 0 Å². The van der Waals surface area contributed by atoms with E-state index in [0.717, 1.165) is 18.1 Å². The molecule has 0 radical (unpaired) electrons. The number of H-pyrrole nitrogens is 1. The lowest BCUT2D eigenvalue weighted by Crippen LogP contribution is -2.27. The number of aromatic amines is 1. The Morgan fingerprint density at radius 1 is 1.56 bits per heavy atom. The van der Waals surface area contributed by atoms with Gasteiger partial charge >= 0.3 is 0 Å². The fourth-order valence-corrected chi connectivity index (χ4v) is 2.08. The van der Waals surface area contributed by atoms with E-state index >= 15 is 0 Å². The van der Waals surface area contributed by atoms with E-state index in [1.165, 1.54) is 0 Å². The summed E-state index contributed by atoms with van der Waals surface area (Å²) in [5.41, 5.74) is 1.57. The van der Waals surface area contributed by atoms with Crippen molar-refractivity contribution < 1.29 is 0 Å². The summed E-state index contributed by atoms with van der Waals surface area (Å²) in [6, 6.07) is 1.42. The smallest absolute Gasteiger partial charge is 0.187 e. The van der Waals surface area contributed by atoms with Gasteiger partial charge < -0.3 is 14.9 Å². The number of pyridine rings is 1. The largest absolute Gasteiger partial charge is 0.365 e. The molecular weight excluding hydrogens is 228 g/mol. The fraction of sp³-hybridized carbons (Fsp3) is 0.385. The molecule has 5 nitrogen and oxygen atoms in total. The first-order chi connectivity index (χ1) is 8.67. The second-order valence-electron chi connectivity index (χ2n) is 4.23. The van der Waals surface area contributed by atoms with Crippen LogP contribution in [0.3, 0.4) is 0 Å². The highest BCUT2D eigenvalue weighted by atomic mass is 16.1. The van der Waals surface area contributed by atoms with Crippen LogP contribution in [0, 0.1) is 6.92 Å². The van der Waals surface area contributed by atoms with Crippen molar-refractivity contribution in [3.05, 3.63) is 52.0 Å². The zero-order chi connectivity index (χ0) is 13.1. The third kappa shape index (κ3) is 2.22. The van der Waals surface area contributed by atoms with Gasteiger partial charge in [0.25, 0.3) is 0 Å². The van der Waals surface area contributed by atoms with Gasteiger partial charge in [-0.3, -0.25) is 4.79 Å². The first-order valence-electron chi connectivity index (χ1n) is 6.05. The van der Waals surface area contributed by atoms with E-state index in [4.69, 9.17) is 0 Å². The topological polar surface area (TPSA) is 62.7 Å². The summed E-state index contributed by atoms with van der Waals surface area (Å²) in [6.45, 7) is 4.75. The van der Waals surface area contributed by atoms with Crippen molar-refractivity contribution in [2.75, 3.05) is 7.05 Å². The molecule has 0 saturated heterocycles. The van der Waals surface area contributed by atoms with Gasteiger partial charge in [0.2, 0.25) is 0 Å². The molecule has 1 atom stereocenters. The Morgan fingerprint density at radius 2 is 2.33 bits per heavy atom. The molecule has 0 aliphatic rings. The molecule has 18 heavy (non-hydrogen) atoms.